The molecule has 5 heteroatoms. The van der Waals surface area contributed by atoms with Crippen molar-refractivity contribution in [3.8, 4) is 5.75 Å². The minimum Gasteiger partial charge on any atom is -0.490 e. The number of hydrogen-bond acceptors (Lipinski definition) is 2. The van der Waals surface area contributed by atoms with Crippen LogP contribution in [-0.4, -0.2) is 16.2 Å². The van der Waals surface area contributed by atoms with E-state index in [0.29, 0.717) is 23.9 Å². The Labute approximate surface area is 168 Å². The number of para-hydroxylation sites is 3. The summed E-state index contributed by atoms with van der Waals surface area (Å²) in [7, 11) is 0. The molecule has 4 rings (SSSR count). The SMILES string of the molecule is Clc1ccc(Cc2nc3ccccc3n2CCOc2ccccc2Cl)cc1. The molecule has 0 aliphatic rings. The smallest absolute Gasteiger partial charge is 0.137 e. The Kier molecular flexibility index (Phi) is 5.33. The molecule has 3 nitrogen and oxygen atoms in total. The molecule has 136 valence electrons. The average molecular weight is 397 g/mol. The van der Waals surface area contributed by atoms with Crippen LogP contribution in [0, 0.1) is 0 Å². The maximum Gasteiger partial charge on any atom is 0.137 e. The monoisotopic (exact) mass is 396 g/mol. The summed E-state index contributed by atoms with van der Waals surface area (Å²) in [6.07, 6.45) is 0.734. The van der Waals surface area contributed by atoms with Crippen LogP contribution in [0.1, 0.15) is 11.4 Å². The van der Waals surface area contributed by atoms with Gasteiger partial charge in [0.1, 0.15) is 18.2 Å². The predicted octanol–water partition coefficient (Wildman–Crippen LogP) is 6.01. The van der Waals surface area contributed by atoms with E-state index in [1.165, 1.54) is 5.56 Å². The number of ether oxygens (including phenoxy) is 1. The third kappa shape index (κ3) is 4.10. The van der Waals surface area contributed by atoms with Crippen molar-refractivity contribution in [1.82, 2.24) is 9.55 Å². The van der Waals surface area contributed by atoms with Gasteiger partial charge in [0.2, 0.25) is 0 Å². The summed E-state index contributed by atoms with van der Waals surface area (Å²) in [5.74, 6) is 1.70. The Bertz CT molecular complexity index is 1060. The fourth-order valence-electron chi connectivity index (χ4n) is 3.10. The van der Waals surface area contributed by atoms with E-state index in [-0.39, 0.29) is 0 Å². The van der Waals surface area contributed by atoms with Crippen LogP contribution >= 0.6 is 23.2 Å². The minimum absolute atomic E-state index is 0.512. The van der Waals surface area contributed by atoms with Gasteiger partial charge in [0.25, 0.3) is 0 Å². The van der Waals surface area contributed by atoms with Crippen LogP contribution in [-0.2, 0) is 13.0 Å². The van der Waals surface area contributed by atoms with Crippen molar-refractivity contribution in [3.05, 3.63) is 94.2 Å². The van der Waals surface area contributed by atoms with Crippen molar-refractivity contribution in [2.24, 2.45) is 0 Å². The fraction of sp³-hybridized carbons (Fsp3) is 0.136. The quantitative estimate of drug-likeness (QED) is 0.398. The second-order valence-corrected chi connectivity index (χ2v) is 7.09. The van der Waals surface area contributed by atoms with E-state index in [9.17, 15) is 0 Å². The van der Waals surface area contributed by atoms with Crippen LogP contribution < -0.4 is 4.74 Å². The zero-order valence-corrected chi connectivity index (χ0v) is 16.1. The number of imidazole rings is 1. The Balaban J connectivity index is 1.58. The predicted molar refractivity (Wildman–Crippen MR) is 111 cm³/mol. The molecule has 1 heterocycles. The van der Waals surface area contributed by atoms with Gasteiger partial charge in [-0.3, -0.25) is 0 Å². The van der Waals surface area contributed by atoms with Crippen molar-refractivity contribution in [2.75, 3.05) is 6.61 Å². The number of halogens is 2. The third-order valence-electron chi connectivity index (χ3n) is 4.42. The van der Waals surface area contributed by atoms with Crippen LogP contribution in [0.2, 0.25) is 10.0 Å². The van der Waals surface area contributed by atoms with E-state index in [1.807, 2.05) is 66.7 Å². The van der Waals surface area contributed by atoms with Gasteiger partial charge in [-0.2, -0.15) is 0 Å². The molecule has 0 aliphatic carbocycles. The number of rotatable bonds is 6. The van der Waals surface area contributed by atoms with Gasteiger partial charge in [-0.15, -0.1) is 0 Å². The summed E-state index contributed by atoms with van der Waals surface area (Å²) in [5, 5.41) is 1.36. The molecule has 0 radical (unpaired) electrons. The molecule has 0 aliphatic heterocycles. The van der Waals surface area contributed by atoms with Crippen molar-refractivity contribution >= 4 is 34.2 Å². The first kappa shape index (κ1) is 17.9. The summed E-state index contributed by atoms with van der Waals surface area (Å²) in [6, 6.07) is 23.6. The molecule has 3 aromatic carbocycles. The molecule has 1 aromatic heterocycles. The number of hydrogen-bond donors (Lipinski definition) is 0. The average Bonchev–Trinajstić information content (AvgIpc) is 3.02. The molecule has 4 aromatic rings. The van der Waals surface area contributed by atoms with Gasteiger partial charge >= 0.3 is 0 Å². The largest absolute Gasteiger partial charge is 0.490 e. The highest BCUT2D eigenvalue weighted by Crippen LogP contribution is 2.24. The standard InChI is InChI=1S/C22H18Cl2N2O/c23-17-11-9-16(10-12-17)15-22-25-19-6-2-3-7-20(19)26(22)13-14-27-21-8-4-1-5-18(21)24/h1-12H,13-15H2. The highest BCUT2D eigenvalue weighted by atomic mass is 35.5. The van der Waals surface area contributed by atoms with Gasteiger partial charge in [0.05, 0.1) is 22.6 Å². The van der Waals surface area contributed by atoms with Crippen LogP contribution in [0.15, 0.2) is 72.8 Å². The van der Waals surface area contributed by atoms with Crippen LogP contribution in [0.25, 0.3) is 11.0 Å². The van der Waals surface area contributed by atoms with Gasteiger partial charge in [-0.25, -0.2) is 4.98 Å². The molecule has 0 bridgehead atoms. The topological polar surface area (TPSA) is 27.1 Å². The van der Waals surface area contributed by atoms with Crippen molar-refractivity contribution in [2.45, 2.75) is 13.0 Å². The first-order valence-electron chi connectivity index (χ1n) is 8.76. The molecule has 0 N–H and O–H groups in total. The third-order valence-corrected chi connectivity index (χ3v) is 4.98. The molecule has 0 saturated carbocycles. The first-order chi connectivity index (χ1) is 13.2. The van der Waals surface area contributed by atoms with Crippen LogP contribution in [0.4, 0.5) is 0 Å². The molecule has 0 atom stereocenters. The molecule has 0 amide bonds. The summed E-state index contributed by atoms with van der Waals surface area (Å²) in [5.41, 5.74) is 3.26. The van der Waals surface area contributed by atoms with Crippen LogP contribution in [0.5, 0.6) is 5.75 Å². The molecule has 0 saturated heterocycles. The van der Waals surface area contributed by atoms with Gasteiger partial charge in [-0.05, 0) is 42.0 Å². The second-order valence-electron chi connectivity index (χ2n) is 6.25. The number of fused-ring (bicyclic) bond motifs is 1. The summed E-state index contributed by atoms with van der Waals surface area (Å²) >= 11 is 12.2. The van der Waals surface area contributed by atoms with Gasteiger partial charge < -0.3 is 9.30 Å². The van der Waals surface area contributed by atoms with Gasteiger partial charge in [-0.1, -0.05) is 59.6 Å². The second kappa shape index (κ2) is 8.03. The lowest BCUT2D eigenvalue weighted by Crippen LogP contribution is -2.11. The van der Waals surface area contributed by atoms with E-state index >= 15 is 0 Å². The Morgan fingerprint density at radius 2 is 1.59 bits per heavy atom. The van der Waals surface area contributed by atoms with Gasteiger partial charge in [0, 0.05) is 11.4 Å². The number of aromatic nitrogens is 2. The Hall–Kier alpha value is -2.49. The van der Waals surface area contributed by atoms with Crippen molar-refractivity contribution < 1.29 is 4.74 Å². The van der Waals surface area contributed by atoms with Crippen LogP contribution in [0.3, 0.4) is 0 Å². The van der Waals surface area contributed by atoms with E-state index in [2.05, 4.69) is 10.6 Å². The van der Waals surface area contributed by atoms with E-state index in [4.69, 9.17) is 32.9 Å². The minimum atomic E-state index is 0.512. The van der Waals surface area contributed by atoms with E-state index in [1.54, 1.807) is 0 Å². The molecular weight excluding hydrogens is 379 g/mol. The molecule has 0 spiro atoms. The first-order valence-corrected chi connectivity index (χ1v) is 9.52. The number of benzene rings is 3. The molecule has 0 fully saturated rings. The highest BCUT2D eigenvalue weighted by molar-refractivity contribution is 6.32. The zero-order chi connectivity index (χ0) is 18.6. The lowest BCUT2D eigenvalue weighted by atomic mass is 10.1. The highest BCUT2D eigenvalue weighted by Gasteiger charge is 2.11. The lowest BCUT2D eigenvalue weighted by molar-refractivity contribution is 0.298. The van der Waals surface area contributed by atoms with Crippen molar-refractivity contribution in [3.63, 3.8) is 0 Å². The maximum absolute atomic E-state index is 6.18. The maximum atomic E-state index is 6.18. The Morgan fingerprint density at radius 3 is 2.41 bits per heavy atom. The fourth-order valence-corrected chi connectivity index (χ4v) is 3.42. The van der Waals surface area contributed by atoms with Gasteiger partial charge in [0.15, 0.2) is 0 Å². The zero-order valence-electron chi connectivity index (χ0n) is 14.6. The summed E-state index contributed by atoms with van der Waals surface area (Å²) in [6.45, 7) is 1.20. The summed E-state index contributed by atoms with van der Waals surface area (Å²) in [4.78, 5) is 4.82. The lowest BCUT2D eigenvalue weighted by Gasteiger charge is -2.12. The molecular formula is C22H18Cl2N2O. The molecule has 27 heavy (non-hydrogen) atoms. The van der Waals surface area contributed by atoms with Crippen molar-refractivity contribution in [1.29, 1.82) is 0 Å². The number of nitrogens with zero attached hydrogens (tertiary/aromatic N) is 2. The van der Waals surface area contributed by atoms with E-state index in [0.717, 1.165) is 28.3 Å². The van der Waals surface area contributed by atoms with E-state index < -0.39 is 0 Å². The Morgan fingerprint density at radius 1 is 0.852 bits per heavy atom. The molecule has 0 unspecified atom stereocenters. The summed E-state index contributed by atoms with van der Waals surface area (Å²) < 4.78 is 8.09. The normalized spacial score (nSPS) is 11.0.